The molecular formula is C8H9FOS. The Morgan fingerprint density at radius 3 is 2.64 bits per heavy atom. The summed E-state index contributed by atoms with van der Waals surface area (Å²) < 4.78 is 23.9. The van der Waals surface area contributed by atoms with E-state index in [1.165, 1.54) is 6.07 Å². The zero-order valence-corrected chi connectivity index (χ0v) is 7.03. The summed E-state index contributed by atoms with van der Waals surface area (Å²) in [4.78, 5) is 0.301. The summed E-state index contributed by atoms with van der Waals surface area (Å²) in [6, 6.07) is 6.15. The van der Waals surface area contributed by atoms with Crippen molar-refractivity contribution in [2.45, 2.75) is 11.8 Å². The molecule has 0 saturated heterocycles. The zero-order chi connectivity index (χ0) is 8.27. The quantitative estimate of drug-likeness (QED) is 0.666. The minimum absolute atomic E-state index is 0.301. The van der Waals surface area contributed by atoms with Crippen LogP contribution in [0.2, 0.25) is 0 Å². The van der Waals surface area contributed by atoms with Gasteiger partial charge in [-0.1, -0.05) is 19.1 Å². The summed E-state index contributed by atoms with van der Waals surface area (Å²) in [5.41, 5.74) is 0. The lowest BCUT2D eigenvalue weighted by Crippen LogP contribution is -1.96. The van der Waals surface area contributed by atoms with Crippen molar-refractivity contribution in [3.63, 3.8) is 0 Å². The highest BCUT2D eigenvalue weighted by Crippen LogP contribution is 2.10. The van der Waals surface area contributed by atoms with Gasteiger partial charge in [-0.05, 0) is 12.1 Å². The van der Waals surface area contributed by atoms with Crippen molar-refractivity contribution in [1.82, 2.24) is 0 Å². The van der Waals surface area contributed by atoms with Gasteiger partial charge in [0, 0.05) is 5.75 Å². The molecule has 1 atom stereocenters. The van der Waals surface area contributed by atoms with E-state index in [-0.39, 0.29) is 5.82 Å². The van der Waals surface area contributed by atoms with Crippen LogP contribution in [0.1, 0.15) is 6.92 Å². The van der Waals surface area contributed by atoms with Crippen molar-refractivity contribution in [2.75, 3.05) is 5.75 Å². The summed E-state index contributed by atoms with van der Waals surface area (Å²) in [7, 11) is -1.18. The first-order valence-corrected chi connectivity index (χ1v) is 4.70. The minimum atomic E-state index is -1.18. The van der Waals surface area contributed by atoms with Gasteiger partial charge in [0.25, 0.3) is 0 Å². The molecular weight excluding hydrogens is 163 g/mol. The van der Waals surface area contributed by atoms with Gasteiger partial charge in [-0.25, -0.2) is 4.39 Å². The maximum atomic E-state index is 12.8. The molecule has 0 bridgehead atoms. The molecule has 1 nitrogen and oxygen atoms in total. The predicted molar refractivity (Wildman–Crippen MR) is 43.3 cm³/mol. The third-order valence-electron chi connectivity index (χ3n) is 1.34. The van der Waals surface area contributed by atoms with Gasteiger partial charge in [-0.2, -0.15) is 0 Å². The maximum Gasteiger partial charge on any atom is 0.139 e. The Morgan fingerprint density at radius 2 is 2.09 bits per heavy atom. The molecule has 0 heterocycles. The van der Waals surface area contributed by atoms with Gasteiger partial charge in [0.15, 0.2) is 0 Å². The number of hydrogen-bond acceptors (Lipinski definition) is 1. The minimum Gasteiger partial charge on any atom is -0.254 e. The second-order valence-electron chi connectivity index (χ2n) is 2.06. The Morgan fingerprint density at radius 1 is 1.45 bits per heavy atom. The molecule has 0 spiro atoms. The van der Waals surface area contributed by atoms with Crippen molar-refractivity contribution >= 4 is 10.8 Å². The Hall–Kier alpha value is -0.700. The van der Waals surface area contributed by atoms with Gasteiger partial charge < -0.3 is 0 Å². The van der Waals surface area contributed by atoms with Gasteiger partial charge in [-0.15, -0.1) is 0 Å². The van der Waals surface area contributed by atoms with E-state index in [2.05, 4.69) is 0 Å². The lowest BCUT2D eigenvalue weighted by Gasteiger charge is -1.98. The molecule has 0 fully saturated rings. The molecule has 11 heavy (non-hydrogen) atoms. The van der Waals surface area contributed by atoms with Crippen LogP contribution in [0.25, 0.3) is 0 Å². The molecule has 0 aromatic heterocycles. The topological polar surface area (TPSA) is 17.1 Å². The third-order valence-corrected chi connectivity index (χ3v) is 2.69. The molecule has 0 saturated carbocycles. The molecule has 3 heteroatoms. The molecule has 0 amide bonds. The van der Waals surface area contributed by atoms with Gasteiger partial charge in [0.1, 0.15) is 5.82 Å². The van der Waals surface area contributed by atoms with E-state index >= 15 is 0 Å². The number of halogens is 1. The number of hydrogen-bond donors (Lipinski definition) is 0. The molecule has 1 rings (SSSR count). The van der Waals surface area contributed by atoms with Crippen LogP contribution in [0.3, 0.4) is 0 Å². The molecule has 1 aromatic rings. The van der Waals surface area contributed by atoms with Crippen LogP contribution in [-0.2, 0) is 10.8 Å². The summed E-state index contributed by atoms with van der Waals surface area (Å²) >= 11 is 0. The van der Waals surface area contributed by atoms with Gasteiger partial charge in [0.2, 0.25) is 0 Å². The first-order chi connectivity index (χ1) is 5.25. The van der Waals surface area contributed by atoms with Crippen LogP contribution >= 0.6 is 0 Å². The second-order valence-corrected chi connectivity index (χ2v) is 3.77. The number of benzene rings is 1. The average molecular weight is 172 g/mol. The van der Waals surface area contributed by atoms with E-state index < -0.39 is 10.8 Å². The zero-order valence-electron chi connectivity index (χ0n) is 6.21. The Labute approximate surface area is 67.7 Å². The van der Waals surface area contributed by atoms with Gasteiger partial charge >= 0.3 is 0 Å². The fourth-order valence-corrected chi connectivity index (χ4v) is 1.61. The monoisotopic (exact) mass is 172 g/mol. The Kier molecular flexibility index (Phi) is 2.76. The first kappa shape index (κ1) is 8.40. The van der Waals surface area contributed by atoms with E-state index in [0.29, 0.717) is 10.6 Å². The van der Waals surface area contributed by atoms with Crippen LogP contribution in [0.5, 0.6) is 0 Å². The third kappa shape index (κ3) is 1.87. The van der Waals surface area contributed by atoms with Gasteiger partial charge in [0.05, 0.1) is 15.7 Å². The first-order valence-electron chi connectivity index (χ1n) is 3.38. The molecule has 0 aliphatic heterocycles. The second kappa shape index (κ2) is 3.62. The van der Waals surface area contributed by atoms with Crippen LogP contribution in [-0.4, -0.2) is 9.96 Å². The number of rotatable bonds is 2. The van der Waals surface area contributed by atoms with E-state index in [1.807, 2.05) is 0 Å². The largest absolute Gasteiger partial charge is 0.254 e. The molecule has 0 N–H and O–H groups in total. The van der Waals surface area contributed by atoms with Crippen LogP contribution in [0.15, 0.2) is 29.2 Å². The van der Waals surface area contributed by atoms with Crippen molar-refractivity contribution in [1.29, 1.82) is 0 Å². The SMILES string of the molecule is CC[S@@](=O)c1ccccc1F. The van der Waals surface area contributed by atoms with Crippen molar-refractivity contribution in [2.24, 2.45) is 0 Å². The highest BCUT2D eigenvalue weighted by molar-refractivity contribution is 7.85. The summed E-state index contributed by atoms with van der Waals surface area (Å²) in [6.45, 7) is 1.77. The molecule has 0 unspecified atom stereocenters. The van der Waals surface area contributed by atoms with Crippen LogP contribution in [0.4, 0.5) is 4.39 Å². The summed E-state index contributed by atoms with van der Waals surface area (Å²) in [6.07, 6.45) is 0. The van der Waals surface area contributed by atoms with Crippen molar-refractivity contribution < 1.29 is 8.60 Å². The van der Waals surface area contributed by atoms with Crippen molar-refractivity contribution in [3.8, 4) is 0 Å². The summed E-state index contributed by atoms with van der Waals surface area (Å²) in [5, 5.41) is 0. The standard InChI is InChI=1S/C8H9FOS/c1-2-11(10)8-6-4-3-5-7(8)9/h3-6H,2H2,1H3/t11-/m1/s1. The molecule has 0 aliphatic rings. The average Bonchev–Trinajstić information content (AvgIpc) is 2.04. The highest BCUT2D eigenvalue weighted by atomic mass is 32.2. The normalized spacial score (nSPS) is 12.9. The van der Waals surface area contributed by atoms with E-state index in [1.54, 1.807) is 25.1 Å². The van der Waals surface area contributed by atoms with E-state index in [0.717, 1.165) is 0 Å². The summed E-state index contributed by atoms with van der Waals surface area (Å²) in [5.74, 6) is 0.0775. The lowest BCUT2D eigenvalue weighted by atomic mass is 10.3. The maximum absolute atomic E-state index is 12.8. The Balaban J connectivity index is 3.03. The lowest BCUT2D eigenvalue weighted by molar-refractivity contribution is 0.595. The molecule has 60 valence electrons. The highest BCUT2D eigenvalue weighted by Gasteiger charge is 2.05. The fraction of sp³-hybridized carbons (Fsp3) is 0.250. The van der Waals surface area contributed by atoms with Crippen molar-refractivity contribution in [3.05, 3.63) is 30.1 Å². The smallest absolute Gasteiger partial charge is 0.139 e. The predicted octanol–water partition coefficient (Wildman–Crippen LogP) is 1.95. The van der Waals surface area contributed by atoms with Crippen LogP contribution in [0, 0.1) is 5.82 Å². The van der Waals surface area contributed by atoms with E-state index in [9.17, 15) is 8.60 Å². The van der Waals surface area contributed by atoms with Crippen LogP contribution < -0.4 is 0 Å². The molecule has 0 radical (unpaired) electrons. The Bertz CT molecular complexity index is 273. The van der Waals surface area contributed by atoms with E-state index in [4.69, 9.17) is 0 Å². The molecule has 0 aliphatic carbocycles. The van der Waals surface area contributed by atoms with Gasteiger partial charge in [-0.3, -0.25) is 4.21 Å². The fourth-order valence-electron chi connectivity index (χ4n) is 0.785. The molecule has 1 aromatic carbocycles.